The van der Waals surface area contributed by atoms with Crippen LogP contribution in [0.1, 0.15) is 10.4 Å². The fourth-order valence-corrected chi connectivity index (χ4v) is 3.62. The first-order chi connectivity index (χ1) is 14.6. The minimum Gasteiger partial charge on any atom is -0.457 e. The predicted octanol–water partition coefficient (Wildman–Crippen LogP) is 4.57. The molecule has 162 valence electrons. The molecule has 2 N–H and O–H groups in total. The number of nitrogens with one attached hydrogen (secondary N) is 2. The molecule has 0 unspecified atom stereocenters. The standard InChI is InChI=1S/C21H17F3N2O4S/c22-21(23,24)14-25-20(27)15-5-4-8-19(13-15)31(28,29)26-16-9-11-18(12-10-16)30-17-6-2-1-3-7-17/h1-13,26H,14H2,(H,25,27). The number of carbonyl (C=O) groups excluding carboxylic acids is 1. The predicted molar refractivity (Wildman–Crippen MR) is 109 cm³/mol. The molecular formula is C21H17F3N2O4S. The molecule has 0 saturated heterocycles. The summed E-state index contributed by atoms with van der Waals surface area (Å²) in [5.74, 6) is 0.0886. The Labute approximate surface area is 176 Å². The van der Waals surface area contributed by atoms with Crippen molar-refractivity contribution in [3.8, 4) is 11.5 Å². The maximum atomic E-state index is 12.6. The first kappa shape index (κ1) is 22.2. The summed E-state index contributed by atoms with van der Waals surface area (Å²) < 4.78 is 70.0. The molecule has 0 aliphatic heterocycles. The number of hydrogen-bond donors (Lipinski definition) is 2. The van der Waals surface area contributed by atoms with Crippen LogP contribution >= 0.6 is 0 Å². The molecule has 0 aliphatic carbocycles. The molecular weight excluding hydrogens is 433 g/mol. The fraction of sp³-hybridized carbons (Fsp3) is 0.0952. The number of ether oxygens (including phenoxy) is 1. The highest BCUT2D eigenvalue weighted by Crippen LogP contribution is 2.24. The third-order valence-corrected chi connectivity index (χ3v) is 5.32. The highest BCUT2D eigenvalue weighted by Gasteiger charge is 2.28. The molecule has 0 fully saturated rings. The zero-order chi connectivity index (χ0) is 22.5. The van der Waals surface area contributed by atoms with Gasteiger partial charge in [-0.2, -0.15) is 13.2 Å². The second-order valence-electron chi connectivity index (χ2n) is 6.37. The highest BCUT2D eigenvalue weighted by molar-refractivity contribution is 7.92. The second-order valence-corrected chi connectivity index (χ2v) is 8.05. The lowest BCUT2D eigenvalue weighted by molar-refractivity contribution is -0.123. The Balaban J connectivity index is 1.70. The monoisotopic (exact) mass is 450 g/mol. The maximum absolute atomic E-state index is 12.6. The van der Waals surface area contributed by atoms with E-state index < -0.39 is 28.7 Å². The van der Waals surface area contributed by atoms with Gasteiger partial charge in [0.15, 0.2) is 0 Å². The Morgan fingerprint density at radius 2 is 1.52 bits per heavy atom. The number of alkyl halides is 3. The number of sulfonamides is 1. The molecule has 6 nitrogen and oxygen atoms in total. The van der Waals surface area contributed by atoms with Gasteiger partial charge in [-0.3, -0.25) is 9.52 Å². The van der Waals surface area contributed by atoms with Crippen LogP contribution in [0.5, 0.6) is 11.5 Å². The number of anilines is 1. The smallest absolute Gasteiger partial charge is 0.405 e. The molecule has 0 spiro atoms. The van der Waals surface area contributed by atoms with Crippen molar-refractivity contribution >= 4 is 21.6 Å². The van der Waals surface area contributed by atoms with E-state index in [4.69, 9.17) is 4.74 Å². The minimum absolute atomic E-state index is 0.210. The third-order valence-electron chi connectivity index (χ3n) is 3.94. The van der Waals surface area contributed by atoms with Crippen molar-refractivity contribution in [1.29, 1.82) is 0 Å². The van der Waals surface area contributed by atoms with Crippen LogP contribution < -0.4 is 14.8 Å². The van der Waals surface area contributed by atoms with Crippen molar-refractivity contribution in [2.24, 2.45) is 0 Å². The number of amides is 1. The Morgan fingerprint density at radius 3 is 2.16 bits per heavy atom. The normalized spacial score (nSPS) is 11.6. The van der Waals surface area contributed by atoms with Gasteiger partial charge in [-0.25, -0.2) is 8.42 Å². The molecule has 1 amide bonds. The molecule has 0 bridgehead atoms. The number of hydrogen-bond acceptors (Lipinski definition) is 4. The Hall–Kier alpha value is -3.53. The van der Waals surface area contributed by atoms with E-state index in [0.717, 1.165) is 6.07 Å². The summed E-state index contributed by atoms with van der Waals surface area (Å²) in [6.07, 6.45) is -4.57. The summed E-state index contributed by atoms with van der Waals surface area (Å²) >= 11 is 0. The number of halogens is 3. The summed E-state index contributed by atoms with van der Waals surface area (Å²) in [5, 5.41) is 1.70. The molecule has 0 radical (unpaired) electrons. The summed E-state index contributed by atoms with van der Waals surface area (Å²) in [6.45, 7) is -1.52. The van der Waals surface area contributed by atoms with E-state index in [1.807, 2.05) is 18.2 Å². The lowest BCUT2D eigenvalue weighted by Gasteiger charge is -2.11. The average Bonchev–Trinajstić information content (AvgIpc) is 2.73. The van der Waals surface area contributed by atoms with Gasteiger partial charge in [0.05, 0.1) is 4.90 Å². The van der Waals surface area contributed by atoms with Crippen molar-refractivity contribution < 1.29 is 31.1 Å². The van der Waals surface area contributed by atoms with Crippen LogP contribution in [0.2, 0.25) is 0 Å². The van der Waals surface area contributed by atoms with Gasteiger partial charge in [0.1, 0.15) is 18.0 Å². The van der Waals surface area contributed by atoms with Gasteiger partial charge in [-0.1, -0.05) is 24.3 Å². The molecule has 31 heavy (non-hydrogen) atoms. The van der Waals surface area contributed by atoms with Crippen molar-refractivity contribution in [3.63, 3.8) is 0 Å². The molecule has 0 aliphatic rings. The second kappa shape index (κ2) is 9.09. The van der Waals surface area contributed by atoms with Gasteiger partial charge in [0.25, 0.3) is 15.9 Å². The largest absolute Gasteiger partial charge is 0.457 e. The van der Waals surface area contributed by atoms with Crippen molar-refractivity contribution in [3.05, 3.63) is 84.4 Å². The van der Waals surface area contributed by atoms with Gasteiger partial charge < -0.3 is 10.1 Å². The van der Waals surface area contributed by atoms with Gasteiger partial charge in [0, 0.05) is 11.3 Å². The first-order valence-corrected chi connectivity index (χ1v) is 10.4. The number of benzene rings is 3. The quantitative estimate of drug-likeness (QED) is 0.552. The van der Waals surface area contributed by atoms with E-state index >= 15 is 0 Å². The summed E-state index contributed by atoms with van der Waals surface area (Å²) in [4.78, 5) is 11.6. The highest BCUT2D eigenvalue weighted by atomic mass is 32.2. The van der Waals surface area contributed by atoms with Crippen LogP contribution in [0.4, 0.5) is 18.9 Å². The molecule has 3 rings (SSSR count). The van der Waals surface area contributed by atoms with Crippen LogP contribution in [0.15, 0.2) is 83.8 Å². The van der Waals surface area contributed by atoms with Crippen LogP contribution in [-0.4, -0.2) is 27.0 Å². The lowest BCUT2D eigenvalue weighted by atomic mass is 10.2. The van der Waals surface area contributed by atoms with Crippen LogP contribution in [0.3, 0.4) is 0 Å². The number of carbonyl (C=O) groups is 1. The topological polar surface area (TPSA) is 84.5 Å². The molecule has 0 atom stereocenters. The minimum atomic E-state index is -4.57. The van der Waals surface area contributed by atoms with Gasteiger partial charge >= 0.3 is 6.18 Å². The molecule has 10 heteroatoms. The van der Waals surface area contributed by atoms with Gasteiger partial charge in [-0.05, 0) is 54.6 Å². The Morgan fingerprint density at radius 1 is 0.871 bits per heavy atom. The Kier molecular flexibility index (Phi) is 6.50. The number of para-hydroxylation sites is 1. The third kappa shape index (κ3) is 6.48. The van der Waals surface area contributed by atoms with Crippen molar-refractivity contribution in [2.75, 3.05) is 11.3 Å². The molecule has 3 aromatic carbocycles. The van der Waals surface area contributed by atoms with E-state index in [2.05, 4.69) is 4.72 Å². The van der Waals surface area contributed by atoms with Crippen molar-refractivity contribution in [1.82, 2.24) is 5.32 Å². The maximum Gasteiger partial charge on any atom is 0.405 e. The summed E-state index contributed by atoms with van der Waals surface area (Å²) in [5.41, 5.74) is 0.0334. The zero-order valence-electron chi connectivity index (χ0n) is 15.9. The fourth-order valence-electron chi connectivity index (χ4n) is 2.52. The van der Waals surface area contributed by atoms with E-state index in [9.17, 15) is 26.4 Å². The van der Waals surface area contributed by atoms with Gasteiger partial charge in [0.2, 0.25) is 0 Å². The number of rotatable bonds is 7. The van der Waals surface area contributed by atoms with E-state index in [1.54, 1.807) is 29.6 Å². The SMILES string of the molecule is O=C(NCC(F)(F)F)c1cccc(S(=O)(=O)Nc2ccc(Oc3ccccc3)cc2)c1. The Bertz CT molecular complexity index is 1150. The first-order valence-electron chi connectivity index (χ1n) is 8.93. The van der Waals surface area contributed by atoms with Gasteiger partial charge in [-0.15, -0.1) is 0 Å². The van der Waals surface area contributed by atoms with E-state index in [1.165, 1.54) is 30.3 Å². The van der Waals surface area contributed by atoms with Crippen molar-refractivity contribution in [2.45, 2.75) is 11.1 Å². The lowest BCUT2D eigenvalue weighted by Crippen LogP contribution is -2.33. The van der Waals surface area contributed by atoms with Crippen LogP contribution in [0, 0.1) is 0 Å². The van der Waals surface area contributed by atoms with E-state index in [-0.39, 0.29) is 16.1 Å². The summed E-state index contributed by atoms with van der Waals surface area (Å²) in [6, 6.07) is 19.9. The molecule has 3 aromatic rings. The van der Waals surface area contributed by atoms with Crippen LogP contribution in [0.25, 0.3) is 0 Å². The van der Waals surface area contributed by atoms with Crippen LogP contribution in [-0.2, 0) is 10.0 Å². The molecule has 0 saturated carbocycles. The molecule has 0 aromatic heterocycles. The molecule has 0 heterocycles. The van der Waals surface area contributed by atoms with E-state index in [0.29, 0.717) is 11.5 Å². The average molecular weight is 450 g/mol. The summed E-state index contributed by atoms with van der Waals surface area (Å²) in [7, 11) is -4.08. The zero-order valence-corrected chi connectivity index (χ0v) is 16.7.